The van der Waals surface area contributed by atoms with E-state index in [0.29, 0.717) is 25.5 Å². The standard InChI is InChI=1S/C15H19N5O.ClH/c16-13-7-9-19(11-13)15(21)18-14-6-8-17-20(14)10-12-4-2-1-3-5-12;/h1-6,8,13H,7,9-11,16H2,(H,18,21);1H. The van der Waals surface area contributed by atoms with Gasteiger partial charge in [-0.2, -0.15) is 5.10 Å². The first-order valence-electron chi connectivity index (χ1n) is 7.09. The van der Waals surface area contributed by atoms with Crippen molar-refractivity contribution in [3.8, 4) is 0 Å². The molecule has 0 saturated carbocycles. The van der Waals surface area contributed by atoms with Crippen LogP contribution in [0.3, 0.4) is 0 Å². The molecule has 7 heteroatoms. The fourth-order valence-corrected chi connectivity index (χ4v) is 2.48. The summed E-state index contributed by atoms with van der Waals surface area (Å²) in [6.45, 7) is 1.95. The molecule has 1 aliphatic heterocycles. The maximum absolute atomic E-state index is 12.2. The number of carbonyl (C=O) groups is 1. The van der Waals surface area contributed by atoms with Crippen LogP contribution >= 0.6 is 12.4 Å². The van der Waals surface area contributed by atoms with Gasteiger partial charge in [-0.3, -0.25) is 5.32 Å². The Balaban J connectivity index is 0.00000176. The maximum atomic E-state index is 12.2. The van der Waals surface area contributed by atoms with Crippen LogP contribution in [0.2, 0.25) is 0 Å². The van der Waals surface area contributed by atoms with E-state index in [2.05, 4.69) is 10.4 Å². The minimum Gasteiger partial charge on any atom is -0.326 e. The molecular weight excluding hydrogens is 302 g/mol. The maximum Gasteiger partial charge on any atom is 0.323 e. The van der Waals surface area contributed by atoms with E-state index in [1.54, 1.807) is 21.8 Å². The molecule has 1 fully saturated rings. The first kappa shape index (κ1) is 16.3. The van der Waals surface area contributed by atoms with Gasteiger partial charge in [0.1, 0.15) is 5.82 Å². The molecule has 0 bridgehead atoms. The molecule has 1 aromatic carbocycles. The molecule has 22 heavy (non-hydrogen) atoms. The monoisotopic (exact) mass is 321 g/mol. The molecule has 1 aliphatic rings. The van der Waals surface area contributed by atoms with E-state index < -0.39 is 0 Å². The van der Waals surface area contributed by atoms with Gasteiger partial charge in [0.15, 0.2) is 0 Å². The second kappa shape index (κ2) is 7.29. The molecule has 3 N–H and O–H groups in total. The van der Waals surface area contributed by atoms with Crippen molar-refractivity contribution in [2.75, 3.05) is 18.4 Å². The molecule has 1 atom stereocenters. The summed E-state index contributed by atoms with van der Waals surface area (Å²) in [5, 5.41) is 7.17. The topological polar surface area (TPSA) is 76.2 Å². The van der Waals surface area contributed by atoms with Gasteiger partial charge in [-0.05, 0) is 12.0 Å². The van der Waals surface area contributed by atoms with Crippen LogP contribution in [0.4, 0.5) is 10.6 Å². The highest BCUT2D eigenvalue weighted by Crippen LogP contribution is 2.13. The van der Waals surface area contributed by atoms with Gasteiger partial charge in [0, 0.05) is 25.2 Å². The van der Waals surface area contributed by atoms with Crippen molar-refractivity contribution in [1.29, 1.82) is 0 Å². The molecule has 2 heterocycles. The van der Waals surface area contributed by atoms with Crippen LogP contribution in [0, 0.1) is 0 Å². The zero-order chi connectivity index (χ0) is 14.7. The van der Waals surface area contributed by atoms with Crippen LogP contribution in [0.25, 0.3) is 0 Å². The quantitative estimate of drug-likeness (QED) is 0.906. The van der Waals surface area contributed by atoms with Gasteiger partial charge < -0.3 is 10.6 Å². The molecule has 0 spiro atoms. The van der Waals surface area contributed by atoms with E-state index in [0.717, 1.165) is 12.0 Å². The molecule has 6 nitrogen and oxygen atoms in total. The summed E-state index contributed by atoms with van der Waals surface area (Å²) in [6, 6.07) is 11.8. The lowest BCUT2D eigenvalue weighted by molar-refractivity contribution is 0.222. The molecule has 0 aliphatic carbocycles. The largest absolute Gasteiger partial charge is 0.326 e. The molecule has 3 rings (SSSR count). The van der Waals surface area contributed by atoms with Crippen LogP contribution in [-0.2, 0) is 6.54 Å². The minimum absolute atomic E-state index is 0. The summed E-state index contributed by atoms with van der Waals surface area (Å²) in [4.78, 5) is 13.9. The predicted molar refractivity (Wildman–Crippen MR) is 88.2 cm³/mol. The van der Waals surface area contributed by atoms with Gasteiger partial charge in [0.05, 0.1) is 12.7 Å². The van der Waals surface area contributed by atoms with Crippen LogP contribution in [0.5, 0.6) is 0 Å². The smallest absolute Gasteiger partial charge is 0.323 e. The Morgan fingerprint density at radius 2 is 2.09 bits per heavy atom. The Kier molecular flexibility index (Phi) is 5.41. The van der Waals surface area contributed by atoms with Gasteiger partial charge in [0.25, 0.3) is 0 Å². The highest BCUT2D eigenvalue weighted by Gasteiger charge is 2.24. The number of nitrogens with two attached hydrogens (primary N) is 1. The van der Waals surface area contributed by atoms with E-state index in [1.165, 1.54) is 0 Å². The van der Waals surface area contributed by atoms with Gasteiger partial charge in [-0.25, -0.2) is 9.48 Å². The Morgan fingerprint density at radius 3 is 2.77 bits per heavy atom. The average Bonchev–Trinajstić information content (AvgIpc) is 3.10. The third kappa shape index (κ3) is 3.78. The van der Waals surface area contributed by atoms with Crippen LogP contribution in [0.1, 0.15) is 12.0 Å². The van der Waals surface area contributed by atoms with E-state index in [1.807, 2.05) is 30.3 Å². The molecule has 2 aromatic rings. The summed E-state index contributed by atoms with van der Waals surface area (Å²) in [7, 11) is 0. The summed E-state index contributed by atoms with van der Waals surface area (Å²) in [5.41, 5.74) is 6.97. The first-order valence-corrected chi connectivity index (χ1v) is 7.09. The third-order valence-electron chi connectivity index (χ3n) is 3.64. The van der Waals surface area contributed by atoms with Gasteiger partial charge >= 0.3 is 6.03 Å². The van der Waals surface area contributed by atoms with Crippen LogP contribution in [-0.4, -0.2) is 39.8 Å². The number of amides is 2. The van der Waals surface area contributed by atoms with Gasteiger partial charge in [-0.1, -0.05) is 30.3 Å². The number of aromatic nitrogens is 2. The fraction of sp³-hybridized carbons (Fsp3) is 0.333. The Labute approximate surface area is 135 Å². The highest BCUT2D eigenvalue weighted by molar-refractivity contribution is 5.88. The lowest BCUT2D eigenvalue weighted by atomic mass is 10.2. The molecule has 1 unspecified atom stereocenters. The third-order valence-corrected chi connectivity index (χ3v) is 3.64. The molecular formula is C15H20ClN5O. The van der Waals surface area contributed by atoms with Crippen molar-refractivity contribution in [3.05, 3.63) is 48.2 Å². The Hall–Kier alpha value is -2.05. The second-order valence-corrected chi connectivity index (χ2v) is 5.28. The van der Waals surface area contributed by atoms with Gasteiger partial charge in [-0.15, -0.1) is 12.4 Å². The molecule has 0 radical (unpaired) electrons. The minimum atomic E-state index is -0.113. The summed E-state index contributed by atoms with van der Waals surface area (Å²) < 4.78 is 1.78. The van der Waals surface area contributed by atoms with E-state index in [-0.39, 0.29) is 24.5 Å². The van der Waals surface area contributed by atoms with Crippen molar-refractivity contribution in [3.63, 3.8) is 0 Å². The first-order chi connectivity index (χ1) is 10.2. The summed E-state index contributed by atoms with van der Waals surface area (Å²) in [5.74, 6) is 0.698. The van der Waals surface area contributed by atoms with Crippen molar-refractivity contribution in [2.24, 2.45) is 5.73 Å². The van der Waals surface area contributed by atoms with Crippen molar-refractivity contribution in [2.45, 2.75) is 19.0 Å². The second-order valence-electron chi connectivity index (χ2n) is 5.28. The van der Waals surface area contributed by atoms with E-state index >= 15 is 0 Å². The van der Waals surface area contributed by atoms with Crippen molar-refractivity contribution < 1.29 is 4.79 Å². The number of nitrogens with zero attached hydrogens (tertiary/aromatic N) is 3. The molecule has 2 amide bonds. The number of rotatable bonds is 3. The Morgan fingerprint density at radius 1 is 1.32 bits per heavy atom. The predicted octanol–water partition coefficient (Wildman–Crippen LogP) is 1.92. The number of anilines is 1. The average molecular weight is 322 g/mol. The number of nitrogens with one attached hydrogen (secondary N) is 1. The normalized spacial score (nSPS) is 17.1. The number of likely N-dealkylation sites (tertiary alicyclic amines) is 1. The van der Waals surface area contributed by atoms with Crippen molar-refractivity contribution >= 4 is 24.3 Å². The lowest BCUT2D eigenvalue weighted by Gasteiger charge is -2.17. The number of urea groups is 1. The molecule has 1 aromatic heterocycles. The number of hydrogen-bond donors (Lipinski definition) is 2. The molecule has 118 valence electrons. The molecule has 1 saturated heterocycles. The van der Waals surface area contributed by atoms with Crippen LogP contribution in [0.15, 0.2) is 42.6 Å². The SMILES string of the molecule is Cl.NC1CCN(C(=O)Nc2ccnn2Cc2ccccc2)C1. The number of halogens is 1. The zero-order valence-electron chi connectivity index (χ0n) is 12.2. The number of carbonyl (C=O) groups excluding carboxylic acids is 1. The van der Waals surface area contributed by atoms with Gasteiger partial charge in [0.2, 0.25) is 0 Å². The highest BCUT2D eigenvalue weighted by atomic mass is 35.5. The van der Waals surface area contributed by atoms with Crippen molar-refractivity contribution in [1.82, 2.24) is 14.7 Å². The fourth-order valence-electron chi connectivity index (χ4n) is 2.48. The zero-order valence-corrected chi connectivity index (χ0v) is 13.0. The summed E-state index contributed by atoms with van der Waals surface area (Å²) in [6.07, 6.45) is 2.55. The number of benzene rings is 1. The summed E-state index contributed by atoms with van der Waals surface area (Å²) >= 11 is 0. The van der Waals surface area contributed by atoms with E-state index in [4.69, 9.17) is 5.73 Å². The number of hydrogen-bond acceptors (Lipinski definition) is 3. The van der Waals surface area contributed by atoms with E-state index in [9.17, 15) is 4.79 Å². The van der Waals surface area contributed by atoms with Crippen LogP contribution < -0.4 is 11.1 Å². The lowest BCUT2D eigenvalue weighted by Crippen LogP contribution is -2.35. The Bertz CT molecular complexity index is 615.